The van der Waals surface area contributed by atoms with Crippen LogP contribution in [0.25, 0.3) is 11.4 Å². The van der Waals surface area contributed by atoms with Crippen molar-refractivity contribution in [2.75, 3.05) is 12.4 Å². The van der Waals surface area contributed by atoms with E-state index in [0.29, 0.717) is 18.3 Å². The third-order valence-electron chi connectivity index (χ3n) is 4.23. The number of anilines is 1. The molecule has 0 fully saturated rings. The molecule has 6 heteroatoms. The molecule has 1 N–H and O–H groups in total. The molecule has 0 radical (unpaired) electrons. The fourth-order valence-electron chi connectivity index (χ4n) is 2.57. The summed E-state index contributed by atoms with van der Waals surface area (Å²) in [5, 5.41) is 7.68. The Morgan fingerprint density at radius 3 is 2.37 bits per heavy atom. The third kappa shape index (κ3) is 4.34. The van der Waals surface area contributed by atoms with Gasteiger partial charge in [-0.1, -0.05) is 55.8 Å². The van der Waals surface area contributed by atoms with Crippen LogP contribution in [0.2, 0.25) is 0 Å². The minimum absolute atomic E-state index is 0.0990. The molecule has 0 saturated heterocycles. The molecule has 140 valence electrons. The number of aromatic nitrogens is 3. The molecule has 1 aromatic heterocycles. The zero-order valence-corrected chi connectivity index (χ0v) is 16.1. The first-order valence-electron chi connectivity index (χ1n) is 8.93. The molecule has 0 spiro atoms. The molecule has 3 aromatic rings. The van der Waals surface area contributed by atoms with Crippen LogP contribution in [0.4, 0.5) is 5.95 Å². The van der Waals surface area contributed by atoms with E-state index in [1.54, 1.807) is 7.11 Å². The summed E-state index contributed by atoms with van der Waals surface area (Å²) in [6.07, 6.45) is 0. The molecule has 2 aromatic carbocycles. The molecule has 0 bridgehead atoms. The van der Waals surface area contributed by atoms with Gasteiger partial charge in [0.25, 0.3) is 5.91 Å². The van der Waals surface area contributed by atoms with Gasteiger partial charge >= 0.3 is 0 Å². The van der Waals surface area contributed by atoms with E-state index >= 15 is 0 Å². The predicted molar refractivity (Wildman–Crippen MR) is 106 cm³/mol. The van der Waals surface area contributed by atoms with E-state index in [1.165, 1.54) is 4.68 Å². The first-order chi connectivity index (χ1) is 13.0. The summed E-state index contributed by atoms with van der Waals surface area (Å²) in [5.74, 6) is 1.50. The van der Waals surface area contributed by atoms with Crippen LogP contribution in [-0.4, -0.2) is 27.8 Å². The number of hydrogen-bond donors (Lipinski definition) is 1. The minimum atomic E-state index is -0.181. The summed E-state index contributed by atoms with van der Waals surface area (Å²) < 4.78 is 6.54. The van der Waals surface area contributed by atoms with Crippen LogP contribution < -0.4 is 10.1 Å². The van der Waals surface area contributed by atoms with E-state index in [-0.39, 0.29) is 11.8 Å². The number of carbonyl (C=O) groups is 1. The second-order valence-corrected chi connectivity index (χ2v) is 6.73. The lowest BCUT2D eigenvalue weighted by molar-refractivity contribution is 0.0841. The fraction of sp³-hybridized carbons (Fsp3) is 0.286. The average molecular weight is 364 g/mol. The first kappa shape index (κ1) is 18.6. The van der Waals surface area contributed by atoms with Crippen LogP contribution in [0.3, 0.4) is 0 Å². The predicted octanol–water partition coefficient (Wildman–Crippen LogP) is 4.17. The van der Waals surface area contributed by atoms with Crippen LogP contribution >= 0.6 is 0 Å². The highest BCUT2D eigenvalue weighted by atomic mass is 16.5. The molecule has 0 aliphatic carbocycles. The van der Waals surface area contributed by atoms with Crippen molar-refractivity contribution in [2.24, 2.45) is 5.92 Å². The number of carbonyl (C=O) groups excluding carboxylic acids is 1. The lowest BCUT2D eigenvalue weighted by atomic mass is 10.1. The molecular weight excluding hydrogens is 340 g/mol. The van der Waals surface area contributed by atoms with Crippen LogP contribution in [0.15, 0.2) is 48.5 Å². The van der Waals surface area contributed by atoms with E-state index in [9.17, 15) is 4.79 Å². The van der Waals surface area contributed by atoms with E-state index in [1.807, 2.05) is 69.3 Å². The van der Waals surface area contributed by atoms with E-state index < -0.39 is 0 Å². The molecule has 0 unspecified atom stereocenters. The zero-order chi connectivity index (χ0) is 19.4. The van der Waals surface area contributed by atoms with Gasteiger partial charge in [0.1, 0.15) is 5.75 Å². The smallest absolute Gasteiger partial charge is 0.252 e. The highest BCUT2D eigenvalue weighted by Crippen LogP contribution is 2.20. The van der Waals surface area contributed by atoms with Crippen molar-refractivity contribution in [3.05, 3.63) is 59.7 Å². The van der Waals surface area contributed by atoms with Gasteiger partial charge in [-0.15, -0.1) is 5.10 Å². The number of methoxy groups -OCH3 is 1. The van der Waals surface area contributed by atoms with Crippen molar-refractivity contribution in [3.8, 4) is 17.1 Å². The summed E-state index contributed by atoms with van der Waals surface area (Å²) >= 11 is 0. The monoisotopic (exact) mass is 364 g/mol. The molecule has 1 heterocycles. The summed E-state index contributed by atoms with van der Waals surface area (Å²) in [6, 6.07) is 15.7. The quantitative estimate of drug-likeness (QED) is 0.711. The van der Waals surface area contributed by atoms with Crippen molar-refractivity contribution < 1.29 is 9.53 Å². The lowest BCUT2D eigenvalue weighted by Crippen LogP contribution is -2.21. The summed E-state index contributed by atoms with van der Waals surface area (Å²) in [5.41, 5.74) is 3.09. The highest BCUT2D eigenvalue weighted by Gasteiger charge is 2.19. The van der Waals surface area contributed by atoms with E-state index in [4.69, 9.17) is 4.74 Å². The molecule has 0 atom stereocenters. The SMILES string of the molecule is COc1ccc(CNc2nc(-c3ccc(C)cc3)nn2C(=O)C(C)C)cc1. The Morgan fingerprint density at radius 1 is 1.11 bits per heavy atom. The van der Waals surface area contributed by atoms with Crippen LogP contribution in [0, 0.1) is 12.8 Å². The Labute approximate surface area is 159 Å². The standard InChI is InChI=1S/C21H24N4O2/c1-14(2)20(26)25-21(22-13-16-7-11-18(27-4)12-8-16)23-19(24-25)17-9-5-15(3)6-10-17/h5-12,14H,13H2,1-4H3,(H,22,23,24). The zero-order valence-electron chi connectivity index (χ0n) is 16.1. The van der Waals surface area contributed by atoms with Crippen LogP contribution in [0.5, 0.6) is 5.75 Å². The number of hydrogen-bond acceptors (Lipinski definition) is 5. The molecule has 3 rings (SSSR count). The van der Waals surface area contributed by atoms with Gasteiger partial charge in [0.15, 0.2) is 5.82 Å². The Morgan fingerprint density at radius 2 is 1.78 bits per heavy atom. The molecule has 6 nitrogen and oxygen atoms in total. The topological polar surface area (TPSA) is 69.0 Å². The van der Waals surface area contributed by atoms with Crippen molar-refractivity contribution in [2.45, 2.75) is 27.3 Å². The lowest BCUT2D eigenvalue weighted by Gasteiger charge is -2.09. The van der Waals surface area contributed by atoms with Gasteiger partial charge in [-0.3, -0.25) is 4.79 Å². The first-order valence-corrected chi connectivity index (χ1v) is 8.93. The number of nitrogens with zero attached hydrogens (tertiary/aromatic N) is 3. The van der Waals surface area contributed by atoms with Gasteiger partial charge < -0.3 is 10.1 Å². The largest absolute Gasteiger partial charge is 0.497 e. The fourth-order valence-corrected chi connectivity index (χ4v) is 2.57. The summed E-state index contributed by atoms with van der Waals surface area (Å²) in [6.45, 7) is 6.26. The molecule has 0 aliphatic heterocycles. The summed E-state index contributed by atoms with van der Waals surface area (Å²) in [7, 11) is 1.64. The summed E-state index contributed by atoms with van der Waals surface area (Å²) in [4.78, 5) is 17.1. The van der Waals surface area contributed by atoms with Crippen LogP contribution in [0.1, 0.15) is 29.8 Å². The Kier molecular flexibility index (Phi) is 5.54. The van der Waals surface area contributed by atoms with E-state index in [0.717, 1.165) is 22.4 Å². The average Bonchev–Trinajstić information content (AvgIpc) is 3.10. The second-order valence-electron chi connectivity index (χ2n) is 6.73. The van der Waals surface area contributed by atoms with Gasteiger partial charge in [0.05, 0.1) is 7.11 Å². The number of rotatable bonds is 6. The van der Waals surface area contributed by atoms with Gasteiger partial charge in [-0.2, -0.15) is 9.67 Å². The normalized spacial score (nSPS) is 10.9. The Bertz CT molecular complexity index is 912. The Hall–Kier alpha value is -3.15. The van der Waals surface area contributed by atoms with Gasteiger partial charge in [-0.05, 0) is 24.6 Å². The molecule has 0 saturated carbocycles. The van der Waals surface area contributed by atoms with Crippen molar-refractivity contribution >= 4 is 11.9 Å². The third-order valence-corrected chi connectivity index (χ3v) is 4.23. The minimum Gasteiger partial charge on any atom is -0.497 e. The van der Waals surface area contributed by atoms with Gasteiger partial charge in [0, 0.05) is 18.0 Å². The molecule has 27 heavy (non-hydrogen) atoms. The number of ether oxygens (including phenoxy) is 1. The second kappa shape index (κ2) is 8.03. The molecular formula is C21H24N4O2. The number of aryl methyl sites for hydroxylation is 1. The highest BCUT2D eigenvalue weighted by molar-refractivity contribution is 5.83. The van der Waals surface area contributed by atoms with Crippen molar-refractivity contribution in [1.29, 1.82) is 0 Å². The van der Waals surface area contributed by atoms with E-state index in [2.05, 4.69) is 15.4 Å². The molecule has 0 amide bonds. The van der Waals surface area contributed by atoms with Gasteiger partial charge in [0.2, 0.25) is 5.95 Å². The maximum atomic E-state index is 12.6. The van der Waals surface area contributed by atoms with Crippen LogP contribution in [-0.2, 0) is 6.54 Å². The van der Waals surface area contributed by atoms with Crippen molar-refractivity contribution in [3.63, 3.8) is 0 Å². The maximum Gasteiger partial charge on any atom is 0.252 e. The maximum absolute atomic E-state index is 12.6. The molecule has 0 aliphatic rings. The Balaban J connectivity index is 1.87. The number of nitrogens with one attached hydrogen (secondary N) is 1. The van der Waals surface area contributed by atoms with Gasteiger partial charge in [-0.25, -0.2) is 0 Å². The number of benzene rings is 2. The van der Waals surface area contributed by atoms with Crippen molar-refractivity contribution in [1.82, 2.24) is 14.8 Å².